The molecule has 1 fully saturated rings. The molecule has 0 spiro atoms. The minimum absolute atomic E-state index is 0.115. The average molecular weight is 195 g/mol. The molecule has 1 saturated heterocycles. The van der Waals surface area contributed by atoms with Crippen molar-refractivity contribution in [2.24, 2.45) is 5.73 Å². The summed E-state index contributed by atoms with van der Waals surface area (Å²) >= 11 is 0. The van der Waals surface area contributed by atoms with E-state index in [1.165, 1.54) is 12.8 Å². The summed E-state index contributed by atoms with van der Waals surface area (Å²) in [5, 5.41) is 0. The van der Waals surface area contributed by atoms with E-state index in [0.29, 0.717) is 11.9 Å². The van der Waals surface area contributed by atoms with Gasteiger partial charge in [-0.15, -0.1) is 0 Å². The summed E-state index contributed by atoms with van der Waals surface area (Å²) in [7, 11) is 2.12. The molecular weight excluding hydrogens is 178 g/mol. The van der Waals surface area contributed by atoms with Gasteiger partial charge >= 0.3 is 0 Å². The van der Waals surface area contributed by atoms with E-state index in [1.54, 1.807) is 6.26 Å². The van der Waals surface area contributed by atoms with Gasteiger partial charge in [-0.25, -0.2) is 4.98 Å². The maximum absolute atomic E-state index is 5.69. The molecule has 14 heavy (non-hydrogen) atoms. The standard InChI is InChI=1S/C10H17N3O/c1-7(11)10-12-8(6-14-10)9-4-3-5-13(9)2/h6-7,9H,3-5,11H2,1-2H3. The number of rotatable bonds is 2. The van der Waals surface area contributed by atoms with Crippen molar-refractivity contribution in [2.75, 3.05) is 13.6 Å². The third-order valence-electron chi connectivity index (χ3n) is 2.79. The van der Waals surface area contributed by atoms with Gasteiger partial charge < -0.3 is 10.2 Å². The maximum Gasteiger partial charge on any atom is 0.210 e. The van der Waals surface area contributed by atoms with Gasteiger partial charge in [0.25, 0.3) is 0 Å². The van der Waals surface area contributed by atoms with Crippen LogP contribution in [0.25, 0.3) is 0 Å². The van der Waals surface area contributed by atoms with Crippen molar-refractivity contribution in [2.45, 2.75) is 31.8 Å². The van der Waals surface area contributed by atoms with Gasteiger partial charge in [0.05, 0.1) is 17.8 Å². The molecule has 2 N–H and O–H groups in total. The van der Waals surface area contributed by atoms with Crippen LogP contribution in [-0.4, -0.2) is 23.5 Å². The number of hydrogen-bond acceptors (Lipinski definition) is 4. The summed E-state index contributed by atoms with van der Waals surface area (Å²) in [5.41, 5.74) is 6.72. The van der Waals surface area contributed by atoms with Crippen LogP contribution in [-0.2, 0) is 0 Å². The smallest absolute Gasteiger partial charge is 0.210 e. The second-order valence-corrected chi connectivity index (χ2v) is 4.04. The van der Waals surface area contributed by atoms with Crippen molar-refractivity contribution in [1.82, 2.24) is 9.88 Å². The fourth-order valence-electron chi connectivity index (χ4n) is 1.95. The summed E-state index contributed by atoms with van der Waals surface area (Å²) in [4.78, 5) is 6.72. The SMILES string of the molecule is CC(N)c1nc(C2CCCN2C)co1. The summed E-state index contributed by atoms with van der Waals surface area (Å²) in [6.45, 7) is 3.03. The second kappa shape index (κ2) is 3.71. The van der Waals surface area contributed by atoms with E-state index in [-0.39, 0.29) is 6.04 Å². The maximum atomic E-state index is 5.69. The van der Waals surface area contributed by atoms with Crippen LogP contribution in [0.1, 0.15) is 43.4 Å². The van der Waals surface area contributed by atoms with E-state index in [4.69, 9.17) is 10.2 Å². The highest BCUT2D eigenvalue weighted by molar-refractivity contribution is 5.06. The first-order valence-electron chi connectivity index (χ1n) is 5.09. The molecule has 1 aromatic heterocycles. The van der Waals surface area contributed by atoms with Crippen LogP contribution in [0.2, 0.25) is 0 Å². The fraction of sp³-hybridized carbons (Fsp3) is 0.700. The molecule has 2 unspecified atom stereocenters. The molecular formula is C10H17N3O. The van der Waals surface area contributed by atoms with Crippen LogP contribution >= 0.6 is 0 Å². The van der Waals surface area contributed by atoms with E-state index in [9.17, 15) is 0 Å². The molecule has 1 aliphatic heterocycles. The number of hydrogen-bond donors (Lipinski definition) is 1. The highest BCUT2D eigenvalue weighted by Crippen LogP contribution is 2.30. The third-order valence-corrected chi connectivity index (χ3v) is 2.79. The highest BCUT2D eigenvalue weighted by Gasteiger charge is 2.25. The Kier molecular flexibility index (Phi) is 2.56. The Morgan fingerprint density at radius 1 is 1.71 bits per heavy atom. The van der Waals surface area contributed by atoms with Crippen molar-refractivity contribution >= 4 is 0 Å². The lowest BCUT2D eigenvalue weighted by molar-refractivity contribution is 0.311. The van der Waals surface area contributed by atoms with Crippen molar-refractivity contribution in [3.05, 3.63) is 17.8 Å². The first kappa shape index (κ1) is 9.68. The van der Waals surface area contributed by atoms with Crippen molar-refractivity contribution < 1.29 is 4.42 Å². The molecule has 2 atom stereocenters. The Labute approximate surface area is 84.1 Å². The van der Waals surface area contributed by atoms with E-state index in [1.807, 2.05) is 6.92 Å². The molecule has 4 heteroatoms. The zero-order valence-corrected chi connectivity index (χ0v) is 8.73. The van der Waals surface area contributed by atoms with E-state index in [2.05, 4.69) is 16.9 Å². The van der Waals surface area contributed by atoms with Crippen LogP contribution in [0.3, 0.4) is 0 Å². The molecule has 0 bridgehead atoms. The van der Waals surface area contributed by atoms with Gasteiger partial charge in [0.2, 0.25) is 5.89 Å². The first-order chi connectivity index (χ1) is 6.68. The Balaban J connectivity index is 2.16. The van der Waals surface area contributed by atoms with Crippen LogP contribution in [0.15, 0.2) is 10.7 Å². The molecule has 2 heterocycles. The summed E-state index contributed by atoms with van der Waals surface area (Å²) in [6, 6.07) is 0.307. The van der Waals surface area contributed by atoms with E-state index < -0.39 is 0 Å². The van der Waals surface area contributed by atoms with E-state index >= 15 is 0 Å². The quantitative estimate of drug-likeness (QED) is 0.776. The lowest BCUT2D eigenvalue weighted by Crippen LogP contribution is -2.18. The summed E-state index contributed by atoms with van der Waals surface area (Å²) in [6.07, 6.45) is 4.15. The molecule has 1 aliphatic rings. The first-order valence-corrected chi connectivity index (χ1v) is 5.09. The van der Waals surface area contributed by atoms with Crippen LogP contribution < -0.4 is 5.73 Å². The van der Waals surface area contributed by atoms with Gasteiger partial charge in [0.1, 0.15) is 6.26 Å². The van der Waals surface area contributed by atoms with Crippen molar-refractivity contribution in [1.29, 1.82) is 0 Å². The van der Waals surface area contributed by atoms with Gasteiger partial charge in [-0.05, 0) is 33.4 Å². The van der Waals surface area contributed by atoms with Gasteiger partial charge in [0, 0.05) is 0 Å². The van der Waals surface area contributed by atoms with Crippen LogP contribution in [0.5, 0.6) is 0 Å². The van der Waals surface area contributed by atoms with Crippen molar-refractivity contribution in [3.63, 3.8) is 0 Å². The molecule has 0 aromatic carbocycles. The second-order valence-electron chi connectivity index (χ2n) is 4.04. The number of oxazole rings is 1. The fourth-order valence-corrected chi connectivity index (χ4v) is 1.95. The lowest BCUT2D eigenvalue weighted by atomic mass is 10.2. The highest BCUT2D eigenvalue weighted by atomic mass is 16.3. The Morgan fingerprint density at radius 3 is 3.00 bits per heavy atom. The molecule has 1 aromatic rings. The predicted molar refractivity (Wildman–Crippen MR) is 53.7 cm³/mol. The molecule has 0 aliphatic carbocycles. The zero-order valence-electron chi connectivity index (χ0n) is 8.73. The predicted octanol–water partition coefficient (Wildman–Crippen LogP) is 1.46. The van der Waals surface area contributed by atoms with Crippen LogP contribution in [0.4, 0.5) is 0 Å². The topological polar surface area (TPSA) is 55.3 Å². The Bertz CT molecular complexity index is 308. The number of nitrogens with two attached hydrogens (primary N) is 1. The molecule has 4 nitrogen and oxygen atoms in total. The van der Waals surface area contributed by atoms with Gasteiger partial charge in [-0.1, -0.05) is 0 Å². The third kappa shape index (κ3) is 1.67. The summed E-state index contributed by atoms with van der Waals surface area (Å²) in [5.74, 6) is 0.639. The zero-order chi connectivity index (χ0) is 10.1. The van der Waals surface area contributed by atoms with Gasteiger partial charge in [-0.3, -0.25) is 4.90 Å². The molecule has 0 saturated carbocycles. The number of nitrogens with zero attached hydrogens (tertiary/aromatic N) is 2. The number of aromatic nitrogens is 1. The van der Waals surface area contributed by atoms with Gasteiger partial charge in [-0.2, -0.15) is 0 Å². The summed E-state index contributed by atoms with van der Waals surface area (Å²) < 4.78 is 5.32. The Morgan fingerprint density at radius 2 is 2.50 bits per heavy atom. The van der Waals surface area contributed by atoms with Crippen LogP contribution in [0, 0.1) is 0 Å². The minimum atomic E-state index is -0.115. The normalized spacial score (nSPS) is 25.5. The molecule has 0 amide bonds. The lowest BCUT2D eigenvalue weighted by Gasteiger charge is -2.15. The van der Waals surface area contributed by atoms with Gasteiger partial charge in [0.15, 0.2) is 0 Å². The van der Waals surface area contributed by atoms with Crippen molar-refractivity contribution in [3.8, 4) is 0 Å². The van der Waals surface area contributed by atoms with E-state index in [0.717, 1.165) is 12.2 Å². The molecule has 78 valence electrons. The monoisotopic (exact) mass is 195 g/mol. The molecule has 2 rings (SSSR count). The number of likely N-dealkylation sites (tertiary alicyclic amines) is 1. The molecule has 0 radical (unpaired) electrons. The minimum Gasteiger partial charge on any atom is -0.447 e. The Hall–Kier alpha value is -0.870. The largest absolute Gasteiger partial charge is 0.447 e. The average Bonchev–Trinajstić information content (AvgIpc) is 2.71.